The van der Waals surface area contributed by atoms with Crippen LogP contribution in [0.2, 0.25) is 0 Å². The summed E-state index contributed by atoms with van der Waals surface area (Å²) < 4.78 is 0. The Labute approximate surface area is 115 Å². The van der Waals surface area contributed by atoms with Crippen LogP contribution in [0.5, 0.6) is 0 Å². The van der Waals surface area contributed by atoms with Crippen molar-refractivity contribution in [3.8, 4) is 0 Å². The molecule has 0 saturated carbocycles. The molecule has 1 aliphatic rings. The molecule has 0 aromatic heterocycles. The molecule has 1 aromatic rings. The highest BCUT2D eigenvalue weighted by Gasteiger charge is 2.26. The van der Waals surface area contributed by atoms with Crippen molar-refractivity contribution < 1.29 is 4.79 Å². The summed E-state index contributed by atoms with van der Waals surface area (Å²) in [5.74, 6) is 0.989. The lowest BCUT2D eigenvalue weighted by atomic mass is 9.93. The number of amides is 1. The largest absolute Gasteiger partial charge is 0.340 e. The molecule has 1 saturated heterocycles. The van der Waals surface area contributed by atoms with Crippen molar-refractivity contribution in [2.75, 3.05) is 6.54 Å². The van der Waals surface area contributed by atoms with Crippen LogP contribution in [0.3, 0.4) is 0 Å². The van der Waals surface area contributed by atoms with Crippen molar-refractivity contribution in [1.82, 2.24) is 4.90 Å². The van der Waals surface area contributed by atoms with Gasteiger partial charge in [0.15, 0.2) is 0 Å². The highest BCUT2D eigenvalue weighted by atomic mass is 16.2. The Morgan fingerprint density at radius 1 is 1.26 bits per heavy atom. The van der Waals surface area contributed by atoms with E-state index in [2.05, 4.69) is 13.8 Å². The SMILES string of the molecule is CC1CCN(C(=O)Cc2ccc(CN)cc2)C(C)C1. The lowest BCUT2D eigenvalue weighted by Crippen LogP contribution is -2.44. The monoisotopic (exact) mass is 260 g/mol. The number of carbonyl (C=O) groups excluding carboxylic acids is 1. The number of benzene rings is 1. The Hall–Kier alpha value is -1.35. The Morgan fingerprint density at radius 2 is 1.89 bits per heavy atom. The van der Waals surface area contributed by atoms with Gasteiger partial charge < -0.3 is 10.6 Å². The Kier molecular flexibility index (Phi) is 4.59. The zero-order chi connectivity index (χ0) is 13.8. The number of likely N-dealkylation sites (tertiary alicyclic amines) is 1. The van der Waals surface area contributed by atoms with E-state index < -0.39 is 0 Å². The maximum Gasteiger partial charge on any atom is 0.227 e. The van der Waals surface area contributed by atoms with Crippen molar-refractivity contribution >= 4 is 5.91 Å². The smallest absolute Gasteiger partial charge is 0.227 e. The fourth-order valence-corrected chi connectivity index (χ4v) is 2.85. The van der Waals surface area contributed by atoms with E-state index in [-0.39, 0.29) is 5.91 Å². The van der Waals surface area contributed by atoms with Crippen LogP contribution in [-0.2, 0) is 17.8 Å². The van der Waals surface area contributed by atoms with Crippen LogP contribution in [0, 0.1) is 5.92 Å². The summed E-state index contributed by atoms with van der Waals surface area (Å²) in [6.07, 6.45) is 2.75. The standard InChI is InChI=1S/C16H24N2O/c1-12-7-8-18(13(2)9-12)16(19)10-14-3-5-15(11-17)6-4-14/h3-6,12-13H,7-11,17H2,1-2H3. The Bertz CT molecular complexity index is 427. The van der Waals surface area contributed by atoms with Crippen LogP contribution >= 0.6 is 0 Å². The third-order valence-corrected chi connectivity index (χ3v) is 4.07. The molecule has 2 N–H and O–H groups in total. The number of nitrogens with two attached hydrogens (primary N) is 1. The molecular weight excluding hydrogens is 236 g/mol. The first-order chi connectivity index (χ1) is 9.10. The first-order valence-electron chi connectivity index (χ1n) is 7.17. The van der Waals surface area contributed by atoms with Gasteiger partial charge in [0.1, 0.15) is 0 Å². The molecule has 2 atom stereocenters. The van der Waals surface area contributed by atoms with Gasteiger partial charge in [-0.2, -0.15) is 0 Å². The minimum Gasteiger partial charge on any atom is -0.340 e. The number of hydrogen-bond acceptors (Lipinski definition) is 2. The molecule has 104 valence electrons. The van der Waals surface area contributed by atoms with Gasteiger partial charge in [0.05, 0.1) is 6.42 Å². The van der Waals surface area contributed by atoms with Gasteiger partial charge in [-0.1, -0.05) is 31.2 Å². The normalized spacial score (nSPS) is 23.4. The van der Waals surface area contributed by atoms with E-state index in [9.17, 15) is 4.79 Å². The minimum absolute atomic E-state index is 0.250. The summed E-state index contributed by atoms with van der Waals surface area (Å²) in [7, 11) is 0. The molecule has 0 spiro atoms. The van der Waals surface area contributed by atoms with Crippen LogP contribution in [-0.4, -0.2) is 23.4 Å². The second-order valence-corrected chi connectivity index (χ2v) is 5.76. The summed E-state index contributed by atoms with van der Waals surface area (Å²) in [5, 5.41) is 0. The highest BCUT2D eigenvalue weighted by molar-refractivity contribution is 5.79. The van der Waals surface area contributed by atoms with Gasteiger partial charge in [0.25, 0.3) is 0 Å². The zero-order valence-electron chi connectivity index (χ0n) is 11.9. The number of carbonyl (C=O) groups is 1. The van der Waals surface area contributed by atoms with Crippen molar-refractivity contribution in [2.24, 2.45) is 11.7 Å². The van der Waals surface area contributed by atoms with Crippen LogP contribution < -0.4 is 5.73 Å². The van der Waals surface area contributed by atoms with E-state index in [0.717, 1.165) is 36.4 Å². The van der Waals surface area contributed by atoms with Crippen molar-refractivity contribution in [3.63, 3.8) is 0 Å². The Balaban J connectivity index is 1.96. The summed E-state index contributed by atoms with van der Waals surface area (Å²) in [6, 6.07) is 8.41. The molecule has 1 amide bonds. The van der Waals surface area contributed by atoms with Gasteiger partial charge in [-0.25, -0.2) is 0 Å². The topological polar surface area (TPSA) is 46.3 Å². The van der Waals surface area contributed by atoms with E-state index >= 15 is 0 Å². The molecule has 3 heteroatoms. The van der Waals surface area contributed by atoms with Gasteiger partial charge in [0.2, 0.25) is 5.91 Å². The van der Waals surface area contributed by atoms with Crippen LogP contribution in [0.15, 0.2) is 24.3 Å². The van der Waals surface area contributed by atoms with Crippen molar-refractivity contribution in [1.29, 1.82) is 0 Å². The molecule has 0 bridgehead atoms. The van der Waals surface area contributed by atoms with E-state index in [1.165, 1.54) is 0 Å². The van der Waals surface area contributed by atoms with Gasteiger partial charge in [-0.3, -0.25) is 4.79 Å². The summed E-state index contributed by atoms with van der Waals surface area (Å²) in [4.78, 5) is 14.4. The average molecular weight is 260 g/mol. The number of nitrogens with zero attached hydrogens (tertiary/aromatic N) is 1. The molecule has 0 radical (unpaired) electrons. The van der Waals surface area contributed by atoms with Gasteiger partial charge in [-0.15, -0.1) is 0 Å². The summed E-state index contributed by atoms with van der Waals surface area (Å²) in [6.45, 7) is 5.88. The van der Waals surface area contributed by atoms with Gasteiger partial charge in [0, 0.05) is 19.1 Å². The molecule has 2 unspecified atom stereocenters. The number of rotatable bonds is 3. The van der Waals surface area contributed by atoms with Gasteiger partial charge >= 0.3 is 0 Å². The lowest BCUT2D eigenvalue weighted by Gasteiger charge is -2.36. The molecule has 1 aliphatic heterocycles. The van der Waals surface area contributed by atoms with E-state index in [0.29, 0.717) is 19.0 Å². The third-order valence-electron chi connectivity index (χ3n) is 4.07. The lowest BCUT2D eigenvalue weighted by molar-refractivity contribution is -0.134. The first kappa shape index (κ1) is 14.1. The molecule has 19 heavy (non-hydrogen) atoms. The second kappa shape index (κ2) is 6.20. The fraction of sp³-hybridized carbons (Fsp3) is 0.562. The number of hydrogen-bond donors (Lipinski definition) is 1. The molecule has 0 aliphatic carbocycles. The predicted molar refractivity (Wildman–Crippen MR) is 77.6 cm³/mol. The molecule has 2 rings (SSSR count). The maximum absolute atomic E-state index is 12.3. The fourth-order valence-electron chi connectivity index (χ4n) is 2.85. The van der Waals surface area contributed by atoms with E-state index in [1.54, 1.807) is 0 Å². The third kappa shape index (κ3) is 3.57. The van der Waals surface area contributed by atoms with Crippen LogP contribution in [0.25, 0.3) is 0 Å². The Morgan fingerprint density at radius 3 is 2.47 bits per heavy atom. The minimum atomic E-state index is 0.250. The van der Waals surface area contributed by atoms with Crippen molar-refractivity contribution in [3.05, 3.63) is 35.4 Å². The molecule has 1 fully saturated rings. The average Bonchev–Trinajstić information content (AvgIpc) is 2.39. The highest BCUT2D eigenvalue weighted by Crippen LogP contribution is 2.22. The van der Waals surface area contributed by atoms with Crippen molar-refractivity contribution in [2.45, 2.75) is 45.7 Å². The first-order valence-corrected chi connectivity index (χ1v) is 7.17. The molecular formula is C16H24N2O. The second-order valence-electron chi connectivity index (χ2n) is 5.76. The maximum atomic E-state index is 12.3. The van der Waals surface area contributed by atoms with Crippen LogP contribution in [0.1, 0.15) is 37.8 Å². The van der Waals surface area contributed by atoms with E-state index in [1.807, 2.05) is 29.2 Å². The number of piperidine rings is 1. The van der Waals surface area contributed by atoms with Gasteiger partial charge in [-0.05, 0) is 36.8 Å². The van der Waals surface area contributed by atoms with E-state index in [4.69, 9.17) is 5.73 Å². The quantitative estimate of drug-likeness (QED) is 0.906. The summed E-state index contributed by atoms with van der Waals surface area (Å²) >= 11 is 0. The summed E-state index contributed by atoms with van der Waals surface area (Å²) in [5.41, 5.74) is 7.76. The molecule has 1 aromatic carbocycles. The predicted octanol–water partition coefficient (Wildman–Crippen LogP) is 2.33. The zero-order valence-corrected chi connectivity index (χ0v) is 11.9. The molecule has 3 nitrogen and oxygen atoms in total. The molecule has 1 heterocycles. The van der Waals surface area contributed by atoms with Crippen LogP contribution in [0.4, 0.5) is 0 Å².